The average molecular weight is 1360 g/mol. The van der Waals surface area contributed by atoms with E-state index in [-0.39, 0.29) is 47.5 Å². The fourth-order valence-electron chi connectivity index (χ4n) is 14.0. The first-order valence-electron chi connectivity index (χ1n) is 41.2. The number of aryl methyl sites for hydroxylation is 2. The molecule has 0 amide bonds. The standard InChI is InChI=1S/2C42H78O3S.Ca/c2*1-2-3-4-5-6-7-8-9-10-11-12-13-14-15-16-17-18-19-20-21-22-23-24-25-26-27-28-29-30-31-32-33-34-35-38-41-39-36-37-40-42(41)46(43,44)45;/h2*36-37,39-40H,2-35,38H2,1H3,(H,43,44,45);/q;;+2/p-2. The monoisotopic (exact) mass is 1360 g/mol. The van der Waals surface area contributed by atoms with Gasteiger partial charge in [-0.2, -0.15) is 0 Å². The summed E-state index contributed by atoms with van der Waals surface area (Å²) in [6, 6.07) is 13.3. The van der Waals surface area contributed by atoms with E-state index < -0.39 is 20.2 Å². The molecule has 540 valence electrons. The second-order valence-corrected chi connectivity index (χ2v) is 31.7. The van der Waals surface area contributed by atoms with Crippen molar-refractivity contribution in [1.29, 1.82) is 0 Å². The van der Waals surface area contributed by atoms with Crippen LogP contribution in [0.15, 0.2) is 58.3 Å². The van der Waals surface area contributed by atoms with Crippen molar-refractivity contribution in [1.82, 2.24) is 0 Å². The van der Waals surface area contributed by atoms with Gasteiger partial charge in [0.15, 0.2) is 0 Å². The summed E-state index contributed by atoms with van der Waals surface area (Å²) in [5.41, 5.74) is 1.35. The van der Waals surface area contributed by atoms with E-state index in [9.17, 15) is 25.9 Å². The van der Waals surface area contributed by atoms with Gasteiger partial charge < -0.3 is 9.11 Å². The molecule has 0 aliphatic heterocycles. The number of unbranched alkanes of at least 4 members (excludes halogenated alkanes) is 66. The largest absolute Gasteiger partial charge is 2.00 e. The minimum absolute atomic E-state index is 0. The number of hydrogen-bond donors (Lipinski definition) is 0. The van der Waals surface area contributed by atoms with E-state index in [2.05, 4.69) is 13.8 Å². The van der Waals surface area contributed by atoms with E-state index in [1.165, 1.54) is 423 Å². The van der Waals surface area contributed by atoms with Gasteiger partial charge in [0.2, 0.25) is 0 Å². The van der Waals surface area contributed by atoms with Gasteiger partial charge in [-0.25, -0.2) is 16.8 Å². The van der Waals surface area contributed by atoms with Crippen LogP contribution in [0.5, 0.6) is 0 Å². The van der Waals surface area contributed by atoms with Crippen LogP contribution >= 0.6 is 0 Å². The first-order valence-corrected chi connectivity index (χ1v) is 44.0. The van der Waals surface area contributed by atoms with Crippen LogP contribution in [0.2, 0.25) is 0 Å². The molecule has 0 spiro atoms. The van der Waals surface area contributed by atoms with E-state index in [1.54, 1.807) is 24.3 Å². The zero-order chi connectivity index (χ0) is 66.5. The second-order valence-electron chi connectivity index (χ2n) is 29.0. The molecule has 6 nitrogen and oxygen atoms in total. The van der Waals surface area contributed by atoms with Gasteiger partial charge in [-0.05, 0) is 48.9 Å². The minimum Gasteiger partial charge on any atom is -0.744 e. The van der Waals surface area contributed by atoms with Crippen LogP contribution < -0.4 is 0 Å². The zero-order valence-electron chi connectivity index (χ0n) is 62.1. The van der Waals surface area contributed by atoms with E-state index in [1.807, 2.05) is 12.1 Å². The SMILES string of the molecule is CCCCCCCCCCCCCCCCCCCCCCCCCCCCCCCCCCCCc1ccccc1S(=O)(=O)[O-].CCCCCCCCCCCCCCCCCCCCCCCCCCCCCCCCCCCCc1ccccc1S(=O)(=O)[O-].[Ca+2]. The summed E-state index contributed by atoms with van der Waals surface area (Å²) in [6.07, 6.45) is 96.8. The predicted octanol–water partition coefficient (Wildman–Crippen LogP) is 28.5. The maximum absolute atomic E-state index is 11.4. The van der Waals surface area contributed by atoms with Crippen LogP contribution in [0.3, 0.4) is 0 Å². The third-order valence-electron chi connectivity index (χ3n) is 20.1. The Kier molecular flexibility index (Phi) is 72.4. The first-order chi connectivity index (χ1) is 45.1. The van der Waals surface area contributed by atoms with Crippen LogP contribution in [-0.4, -0.2) is 63.7 Å². The second kappa shape index (κ2) is 72.8. The van der Waals surface area contributed by atoms with Crippen molar-refractivity contribution in [3.63, 3.8) is 0 Å². The van der Waals surface area contributed by atoms with Gasteiger partial charge in [0, 0.05) is 0 Å². The van der Waals surface area contributed by atoms with Crippen LogP contribution in [-0.2, 0) is 33.1 Å². The molecule has 2 aromatic carbocycles. The Balaban J connectivity index is 0.00000180. The van der Waals surface area contributed by atoms with Crippen molar-refractivity contribution in [3.8, 4) is 0 Å². The van der Waals surface area contributed by atoms with Crippen LogP contribution in [0.25, 0.3) is 0 Å². The molecule has 0 fully saturated rings. The summed E-state index contributed by atoms with van der Waals surface area (Å²) in [7, 11) is -8.73. The van der Waals surface area contributed by atoms with Gasteiger partial charge in [0.1, 0.15) is 20.2 Å². The molecule has 0 saturated heterocycles. The molecule has 0 aliphatic rings. The Bertz CT molecular complexity index is 1880. The smallest absolute Gasteiger partial charge is 0.744 e. The predicted molar refractivity (Wildman–Crippen MR) is 407 cm³/mol. The molecule has 0 bridgehead atoms. The average Bonchev–Trinajstić information content (AvgIpc) is 1.27. The Morgan fingerprint density at radius 2 is 0.323 bits per heavy atom. The number of hydrogen-bond acceptors (Lipinski definition) is 6. The number of rotatable bonds is 72. The number of benzene rings is 2. The molecule has 0 unspecified atom stereocenters. The molecule has 0 aromatic heterocycles. The molecule has 93 heavy (non-hydrogen) atoms. The van der Waals surface area contributed by atoms with Crippen molar-refractivity contribution in [2.45, 2.75) is 473 Å². The fraction of sp³-hybridized carbons (Fsp3) is 0.857. The maximum atomic E-state index is 11.4. The van der Waals surface area contributed by atoms with Gasteiger partial charge in [-0.15, -0.1) is 0 Å². The molecular weight excluding hydrogens is 1210 g/mol. The minimum atomic E-state index is -4.37. The van der Waals surface area contributed by atoms with Gasteiger partial charge in [0.25, 0.3) is 0 Å². The molecule has 0 aliphatic carbocycles. The molecule has 0 atom stereocenters. The molecule has 0 saturated carbocycles. The van der Waals surface area contributed by atoms with Gasteiger partial charge in [-0.3, -0.25) is 0 Å². The quantitative estimate of drug-likeness (QED) is 0.0370. The van der Waals surface area contributed by atoms with Crippen molar-refractivity contribution >= 4 is 58.0 Å². The molecule has 2 rings (SSSR count). The third-order valence-corrected chi connectivity index (χ3v) is 22.0. The summed E-state index contributed by atoms with van der Waals surface area (Å²) >= 11 is 0. The van der Waals surface area contributed by atoms with Crippen LogP contribution in [0.1, 0.15) is 462 Å². The topological polar surface area (TPSA) is 114 Å². The van der Waals surface area contributed by atoms with E-state index in [0.29, 0.717) is 24.0 Å². The first kappa shape index (κ1) is 92.5. The van der Waals surface area contributed by atoms with E-state index >= 15 is 0 Å². The molecule has 9 heteroatoms. The summed E-state index contributed by atoms with van der Waals surface area (Å²) in [5, 5.41) is 0. The maximum Gasteiger partial charge on any atom is 2.00 e. The zero-order valence-corrected chi connectivity index (χ0v) is 65.9. The Morgan fingerprint density at radius 3 is 0.452 bits per heavy atom. The van der Waals surface area contributed by atoms with Gasteiger partial charge in [0.05, 0.1) is 9.79 Å². The summed E-state index contributed by atoms with van der Waals surface area (Å²) < 4.78 is 68.3. The fourth-order valence-corrected chi connectivity index (χ4v) is 15.5. The van der Waals surface area contributed by atoms with Crippen molar-refractivity contribution < 1.29 is 25.9 Å². The van der Waals surface area contributed by atoms with E-state index in [4.69, 9.17) is 0 Å². The van der Waals surface area contributed by atoms with Gasteiger partial charge >= 0.3 is 37.7 Å². The van der Waals surface area contributed by atoms with Crippen LogP contribution in [0, 0.1) is 0 Å². The van der Waals surface area contributed by atoms with Gasteiger partial charge in [-0.1, -0.05) is 474 Å². The van der Waals surface area contributed by atoms with Crippen LogP contribution in [0.4, 0.5) is 0 Å². The van der Waals surface area contributed by atoms with Crippen molar-refractivity contribution in [2.24, 2.45) is 0 Å². The Hall–Kier alpha value is -0.480. The summed E-state index contributed by atoms with van der Waals surface area (Å²) in [5.74, 6) is 0. The Labute approximate surface area is 611 Å². The third kappa shape index (κ3) is 65.9. The molecule has 0 heterocycles. The van der Waals surface area contributed by atoms with Crippen molar-refractivity contribution in [3.05, 3.63) is 59.7 Å². The normalized spacial score (nSPS) is 11.7. The molecule has 2 aromatic rings. The Morgan fingerprint density at radius 1 is 0.204 bits per heavy atom. The van der Waals surface area contributed by atoms with E-state index in [0.717, 1.165) is 25.7 Å². The molecular formula is C84H154CaO6S2. The molecule has 0 N–H and O–H groups in total. The summed E-state index contributed by atoms with van der Waals surface area (Å²) in [6.45, 7) is 4.60. The van der Waals surface area contributed by atoms with Crippen molar-refractivity contribution in [2.75, 3.05) is 0 Å². The summed E-state index contributed by atoms with van der Waals surface area (Å²) in [4.78, 5) is -0.0814. The molecule has 0 radical (unpaired) electrons.